The van der Waals surface area contributed by atoms with Gasteiger partial charge >= 0.3 is 0 Å². The van der Waals surface area contributed by atoms with E-state index in [-0.39, 0.29) is 0 Å². The fourth-order valence-corrected chi connectivity index (χ4v) is 1.80. The molecular formula is C7H12N2S2. The molecule has 1 heterocycles. The Hall–Kier alpha value is -0.0900. The first-order valence-corrected chi connectivity index (χ1v) is 5.51. The Bertz CT molecular complexity index is 222. The van der Waals surface area contributed by atoms with E-state index < -0.39 is 0 Å². The first-order chi connectivity index (χ1) is 5.29. The van der Waals surface area contributed by atoms with Crippen molar-refractivity contribution >= 4 is 22.5 Å². The van der Waals surface area contributed by atoms with Crippen LogP contribution in [0.15, 0.2) is 11.1 Å². The van der Waals surface area contributed by atoms with Crippen molar-refractivity contribution in [3.63, 3.8) is 0 Å². The Morgan fingerprint density at radius 3 is 3.09 bits per heavy atom. The summed E-state index contributed by atoms with van der Waals surface area (Å²) in [6, 6.07) is 0. The maximum absolute atomic E-state index is 4.14. The van der Waals surface area contributed by atoms with Crippen molar-refractivity contribution in [2.45, 2.75) is 31.1 Å². The lowest BCUT2D eigenvalue weighted by atomic mass is 10.1. The SMILES string of the molecule is CCC(C)c1[nH]ncc1SS. The van der Waals surface area contributed by atoms with Gasteiger partial charge in [-0.1, -0.05) is 24.6 Å². The van der Waals surface area contributed by atoms with Gasteiger partial charge in [0.2, 0.25) is 0 Å². The molecule has 0 bridgehead atoms. The van der Waals surface area contributed by atoms with Gasteiger partial charge in [-0.2, -0.15) is 5.10 Å². The lowest BCUT2D eigenvalue weighted by Crippen LogP contribution is -1.92. The van der Waals surface area contributed by atoms with Crippen LogP contribution in [0.4, 0.5) is 0 Å². The summed E-state index contributed by atoms with van der Waals surface area (Å²) >= 11 is 4.14. The molecule has 0 amide bonds. The Balaban J connectivity index is 2.83. The summed E-state index contributed by atoms with van der Waals surface area (Å²) in [7, 11) is 1.45. The number of nitrogens with zero attached hydrogens (tertiary/aromatic N) is 1. The van der Waals surface area contributed by atoms with Crippen molar-refractivity contribution < 1.29 is 0 Å². The van der Waals surface area contributed by atoms with Crippen LogP contribution < -0.4 is 0 Å². The molecule has 0 aromatic carbocycles. The molecule has 0 radical (unpaired) electrons. The van der Waals surface area contributed by atoms with Crippen LogP contribution in [0.5, 0.6) is 0 Å². The third kappa shape index (κ3) is 1.93. The van der Waals surface area contributed by atoms with E-state index in [2.05, 4.69) is 35.7 Å². The maximum Gasteiger partial charge on any atom is 0.0635 e. The maximum atomic E-state index is 4.14. The standard InChI is InChI=1S/C7H12N2S2/c1-3-5(2)7-6(11-10)4-8-9-7/h4-5,10H,3H2,1-2H3,(H,8,9). The molecule has 0 aliphatic carbocycles. The van der Waals surface area contributed by atoms with Crippen LogP contribution in [0.25, 0.3) is 0 Å². The van der Waals surface area contributed by atoms with Crippen LogP contribution in [0.3, 0.4) is 0 Å². The predicted octanol–water partition coefficient (Wildman–Crippen LogP) is 2.86. The number of thiol groups is 1. The van der Waals surface area contributed by atoms with Crippen molar-refractivity contribution in [2.75, 3.05) is 0 Å². The van der Waals surface area contributed by atoms with E-state index in [9.17, 15) is 0 Å². The third-order valence-corrected chi connectivity index (χ3v) is 2.95. The first kappa shape index (κ1) is 9.00. The van der Waals surface area contributed by atoms with Crippen molar-refractivity contribution in [3.05, 3.63) is 11.9 Å². The van der Waals surface area contributed by atoms with Crippen LogP contribution in [0.2, 0.25) is 0 Å². The molecule has 4 heteroatoms. The average molecular weight is 188 g/mol. The summed E-state index contributed by atoms with van der Waals surface area (Å²) < 4.78 is 0. The summed E-state index contributed by atoms with van der Waals surface area (Å²) in [4.78, 5) is 1.14. The first-order valence-electron chi connectivity index (χ1n) is 3.64. The molecule has 1 aromatic rings. The lowest BCUT2D eigenvalue weighted by molar-refractivity contribution is 0.692. The van der Waals surface area contributed by atoms with Crippen molar-refractivity contribution in [2.24, 2.45) is 0 Å². The molecule has 0 aliphatic heterocycles. The van der Waals surface area contributed by atoms with Crippen molar-refractivity contribution in [1.29, 1.82) is 0 Å². The molecule has 62 valence electrons. The zero-order chi connectivity index (χ0) is 8.27. The number of aromatic nitrogens is 2. The van der Waals surface area contributed by atoms with Crippen LogP contribution in [-0.2, 0) is 0 Å². The second-order valence-electron chi connectivity index (χ2n) is 2.55. The number of aromatic amines is 1. The van der Waals surface area contributed by atoms with Crippen molar-refractivity contribution in [3.8, 4) is 0 Å². The lowest BCUT2D eigenvalue weighted by Gasteiger charge is -2.06. The molecule has 1 aromatic heterocycles. The minimum absolute atomic E-state index is 0.548. The van der Waals surface area contributed by atoms with Gasteiger partial charge in [0.15, 0.2) is 0 Å². The van der Waals surface area contributed by atoms with E-state index in [0.29, 0.717) is 5.92 Å². The topological polar surface area (TPSA) is 28.7 Å². The number of nitrogens with one attached hydrogen (secondary N) is 1. The highest BCUT2D eigenvalue weighted by atomic mass is 33.1. The largest absolute Gasteiger partial charge is 0.281 e. The summed E-state index contributed by atoms with van der Waals surface area (Å²) in [6.45, 7) is 4.35. The second kappa shape index (κ2) is 4.07. The fraction of sp³-hybridized carbons (Fsp3) is 0.571. The third-order valence-electron chi connectivity index (χ3n) is 1.84. The highest BCUT2D eigenvalue weighted by Gasteiger charge is 2.09. The van der Waals surface area contributed by atoms with Crippen molar-refractivity contribution in [1.82, 2.24) is 10.2 Å². The zero-order valence-corrected chi connectivity index (χ0v) is 8.38. The van der Waals surface area contributed by atoms with Gasteiger partial charge in [0.25, 0.3) is 0 Å². The van der Waals surface area contributed by atoms with E-state index in [1.165, 1.54) is 16.5 Å². The zero-order valence-electron chi connectivity index (χ0n) is 6.66. The Morgan fingerprint density at radius 1 is 1.82 bits per heavy atom. The number of H-pyrrole nitrogens is 1. The summed E-state index contributed by atoms with van der Waals surface area (Å²) in [6.07, 6.45) is 2.95. The van der Waals surface area contributed by atoms with E-state index in [0.717, 1.165) is 11.3 Å². The summed E-state index contributed by atoms with van der Waals surface area (Å²) in [5.41, 5.74) is 1.20. The molecule has 0 fully saturated rings. The second-order valence-corrected chi connectivity index (χ2v) is 3.72. The number of rotatable bonds is 3. The molecule has 0 aliphatic rings. The van der Waals surface area contributed by atoms with Gasteiger partial charge < -0.3 is 0 Å². The van der Waals surface area contributed by atoms with Crippen LogP contribution in [0, 0.1) is 0 Å². The Kier molecular flexibility index (Phi) is 3.33. The number of hydrogen-bond donors (Lipinski definition) is 2. The van der Waals surface area contributed by atoms with E-state index in [4.69, 9.17) is 0 Å². The predicted molar refractivity (Wildman–Crippen MR) is 52.1 cm³/mol. The van der Waals surface area contributed by atoms with E-state index in [1.54, 1.807) is 0 Å². The molecular weight excluding hydrogens is 176 g/mol. The molecule has 1 rings (SSSR count). The van der Waals surface area contributed by atoms with Gasteiger partial charge in [-0.3, -0.25) is 5.10 Å². The number of hydrogen-bond acceptors (Lipinski definition) is 3. The fourth-order valence-electron chi connectivity index (χ4n) is 0.915. The summed E-state index contributed by atoms with van der Waals surface area (Å²) in [5.74, 6) is 0.548. The smallest absolute Gasteiger partial charge is 0.0635 e. The van der Waals surface area contributed by atoms with Crippen LogP contribution in [-0.4, -0.2) is 10.2 Å². The molecule has 0 spiro atoms. The van der Waals surface area contributed by atoms with E-state index >= 15 is 0 Å². The minimum Gasteiger partial charge on any atom is -0.281 e. The van der Waals surface area contributed by atoms with Gasteiger partial charge in [-0.15, -0.1) is 11.7 Å². The monoisotopic (exact) mass is 188 g/mol. The molecule has 0 saturated heterocycles. The quantitative estimate of drug-likeness (QED) is 0.564. The van der Waals surface area contributed by atoms with Gasteiger partial charge in [0.05, 0.1) is 16.8 Å². The molecule has 0 saturated carbocycles. The molecule has 2 nitrogen and oxygen atoms in total. The van der Waals surface area contributed by atoms with E-state index in [1.807, 2.05) is 6.20 Å². The van der Waals surface area contributed by atoms with Gasteiger partial charge in [0, 0.05) is 0 Å². The average Bonchev–Trinajstić information content (AvgIpc) is 2.50. The normalized spacial score (nSPS) is 13.4. The Morgan fingerprint density at radius 2 is 2.55 bits per heavy atom. The van der Waals surface area contributed by atoms with Crippen LogP contribution in [0.1, 0.15) is 31.9 Å². The molecule has 1 unspecified atom stereocenters. The summed E-state index contributed by atoms with van der Waals surface area (Å²) in [5, 5.41) is 6.95. The highest BCUT2D eigenvalue weighted by molar-refractivity contribution is 8.68. The highest BCUT2D eigenvalue weighted by Crippen LogP contribution is 2.29. The van der Waals surface area contributed by atoms with Gasteiger partial charge in [-0.25, -0.2) is 0 Å². The molecule has 1 N–H and O–H groups in total. The molecule has 11 heavy (non-hydrogen) atoms. The van der Waals surface area contributed by atoms with Crippen LogP contribution >= 0.6 is 22.5 Å². The Labute approximate surface area is 76.0 Å². The minimum atomic E-state index is 0.548. The van der Waals surface area contributed by atoms with Gasteiger partial charge in [-0.05, 0) is 12.3 Å². The van der Waals surface area contributed by atoms with Gasteiger partial charge in [0.1, 0.15) is 0 Å². The molecule has 1 atom stereocenters.